The van der Waals surface area contributed by atoms with Gasteiger partial charge in [0.15, 0.2) is 17.1 Å². The van der Waals surface area contributed by atoms with Crippen LogP contribution < -0.4 is 14.8 Å². The summed E-state index contributed by atoms with van der Waals surface area (Å²) >= 11 is 0. The van der Waals surface area contributed by atoms with Crippen molar-refractivity contribution in [2.24, 2.45) is 0 Å². The lowest BCUT2D eigenvalue weighted by atomic mass is 9.90. The maximum atomic E-state index is 5.92. The van der Waals surface area contributed by atoms with Crippen LogP contribution in [0.5, 0.6) is 11.5 Å². The lowest BCUT2D eigenvalue weighted by Crippen LogP contribution is -2.26. The van der Waals surface area contributed by atoms with E-state index in [0.717, 1.165) is 61.5 Å². The van der Waals surface area contributed by atoms with Crippen molar-refractivity contribution >= 4 is 11.0 Å². The number of piperidine rings is 1. The zero-order chi connectivity index (χ0) is 18.5. The molecule has 0 unspecified atom stereocenters. The molecule has 5 nitrogen and oxygen atoms in total. The number of aryl methyl sites for hydroxylation is 1. The van der Waals surface area contributed by atoms with Gasteiger partial charge in [-0.3, -0.25) is 0 Å². The van der Waals surface area contributed by atoms with E-state index in [-0.39, 0.29) is 0 Å². The van der Waals surface area contributed by atoms with Crippen molar-refractivity contribution < 1.29 is 14.0 Å². The van der Waals surface area contributed by atoms with E-state index in [9.17, 15) is 0 Å². The summed E-state index contributed by atoms with van der Waals surface area (Å²) in [6.07, 6.45) is 4.10. The molecule has 0 aliphatic carbocycles. The second kappa shape index (κ2) is 8.44. The number of hydrogen-bond donors (Lipinski definition) is 1. The van der Waals surface area contributed by atoms with Gasteiger partial charge in [0.05, 0.1) is 19.4 Å². The number of rotatable bonds is 7. The fourth-order valence-electron chi connectivity index (χ4n) is 3.85. The Morgan fingerprint density at radius 2 is 1.89 bits per heavy atom. The smallest absolute Gasteiger partial charge is 0.167 e. The van der Waals surface area contributed by atoms with Gasteiger partial charge in [0, 0.05) is 11.3 Å². The molecule has 1 aliphatic heterocycles. The number of nitrogens with one attached hydrogen (secondary N) is 1. The van der Waals surface area contributed by atoms with Crippen molar-refractivity contribution in [2.45, 2.75) is 31.6 Å². The van der Waals surface area contributed by atoms with Gasteiger partial charge < -0.3 is 19.3 Å². The van der Waals surface area contributed by atoms with Gasteiger partial charge in [-0.05, 0) is 62.5 Å². The Morgan fingerprint density at radius 1 is 1.07 bits per heavy atom. The minimum atomic E-state index is 0.485. The van der Waals surface area contributed by atoms with Gasteiger partial charge >= 0.3 is 0 Å². The Labute approximate surface area is 159 Å². The largest absolute Gasteiger partial charge is 0.493 e. The third-order valence-electron chi connectivity index (χ3n) is 5.25. The second-order valence-corrected chi connectivity index (χ2v) is 6.99. The first-order chi connectivity index (χ1) is 13.4. The van der Waals surface area contributed by atoms with Crippen LogP contribution in [-0.4, -0.2) is 32.0 Å². The van der Waals surface area contributed by atoms with E-state index in [1.807, 2.05) is 30.3 Å². The highest BCUT2D eigenvalue weighted by Gasteiger charge is 2.23. The molecule has 0 spiro atoms. The number of aromatic nitrogens is 1. The lowest BCUT2D eigenvalue weighted by Gasteiger charge is -2.21. The highest BCUT2D eigenvalue weighted by Crippen LogP contribution is 2.33. The highest BCUT2D eigenvalue weighted by molar-refractivity contribution is 5.83. The molecule has 1 fully saturated rings. The number of nitrogens with zero attached hydrogens (tertiary/aromatic N) is 1. The van der Waals surface area contributed by atoms with Crippen LogP contribution in [0, 0.1) is 0 Å². The predicted octanol–water partition coefficient (Wildman–Crippen LogP) is 4.32. The first kappa shape index (κ1) is 17.9. The Morgan fingerprint density at radius 3 is 2.70 bits per heavy atom. The maximum Gasteiger partial charge on any atom is 0.167 e. The molecule has 1 saturated heterocycles. The molecule has 0 atom stereocenters. The van der Waals surface area contributed by atoms with Crippen LogP contribution in [0.2, 0.25) is 0 Å². The summed E-state index contributed by atoms with van der Waals surface area (Å²) in [5.74, 6) is 2.05. The molecular formula is C22H26N2O3. The molecule has 3 aromatic rings. The van der Waals surface area contributed by atoms with Gasteiger partial charge in [-0.2, -0.15) is 0 Å². The summed E-state index contributed by atoms with van der Waals surface area (Å²) in [4.78, 5) is 0. The minimum Gasteiger partial charge on any atom is -0.493 e. The van der Waals surface area contributed by atoms with Crippen LogP contribution in [0.3, 0.4) is 0 Å². The fourth-order valence-corrected chi connectivity index (χ4v) is 3.85. The fraction of sp³-hybridized carbons (Fsp3) is 0.409. The van der Waals surface area contributed by atoms with E-state index in [1.54, 1.807) is 7.11 Å². The Balaban J connectivity index is 1.45. The first-order valence-corrected chi connectivity index (χ1v) is 9.70. The highest BCUT2D eigenvalue weighted by atomic mass is 16.5. The molecule has 142 valence electrons. The zero-order valence-electron chi connectivity index (χ0n) is 15.7. The average Bonchev–Trinajstić information content (AvgIpc) is 3.17. The van der Waals surface area contributed by atoms with Crippen LogP contribution in [0.1, 0.15) is 36.4 Å². The summed E-state index contributed by atoms with van der Waals surface area (Å²) < 4.78 is 16.9. The topological polar surface area (TPSA) is 56.5 Å². The number of para-hydroxylation sites is 2. The molecule has 4 rings (SSSR count). The van der Waals surface area contributed by atoms with Gasteiger partial charge in [0.25, 0.3) is 0 Å². The molecule has 2 heterocycles. The Kier molecular flexibility index (Phi) is 5.58. The molecule has 1 N–H and O–H groups in total. The summed E-state index contributed by atoms with van der Waals surface area (Å²) in [5, 5.41) is 9.06. The molecule has 2 aromatic carbocycles. The maximum absolute atomic E-state index is 5.92. The normalized spacial score (nSPS) is 15.1. The Bertz CT molecular complexity index is 884. The molecule has 1 aromatic heterocycles. The zero-order valence-corrected chi connectivity index (χ0v) is 15.7. The lowest BCUT2D eigenvalue weighted by molar-refractivity contribution is 0.289. The van der Waals surface area contributed by atoms with E-state index >= 15 is 0 Å². The average molecular weight is 366 g/mol. The van der Waals surface area contributed by atoms with Crippen molar-refractivity contribution in [3.63, 3.8) is 0 Å². The van der Waals surface area contributed by atoms with Crippen LogP contribution in [0.15, 0.2) is 47.0 Å². The van der Waals surface area contributed by atoms with E-state index in [4.69, 9.17) is 14.0 Å². The van der Waals surface area contributed by atoms with Crippen molar-refractivity contribution in [3.05, 3.63) is 53.7 Å². The molecule has 5 heteroatoms. The third kappa shape index (κ3) is 3.93. The van der Waals surface area contributed by atoms with Gasteiger partial charge in [-0.1, -0.05) is 29.4 Å². The minimum absolute atomic E-state index is 0.485. The molecule has 0 saturated carbocycles. The molecular weight excluding hydrogens is 340 g/mol. The van der Waals surface area contributed by atoms with Gasteiger partial charge in [0.2, 0.25) is 0 Å². The summed E-state index contributed by atoms with van der Waals surface area (Å²) in [6.45, 7) is 2.74. The first-order valence-electron chi connectivity index (χ1n) is 9.70. The van der Waals surface area contributed by atoms with Crippen LogP contribution in [-0.2, 0) is 6.42 Å². The number of hydrogen-bond acceptors (Lipinski definition) is 5. The van der Waals surface area contributed by atoms with Crippen LogP contribution in [0.25, 0.3) is 11.0 Å². The van der Waals surface area contributed by atoms with Crippen molar-refractivity contribution in [3.8, 4) is 11.5 Å². The predicted molar refractivity (Wildman–Crippen MR) is 106 cm³/mol. The van der Waals surface area contributed by atoms with E-state index in [2.05, 4.69) is 22.6 Å². The number of benzene rings is 2. The summed E-state index contributed by atoms with van der Waals surface area (Å²) in [7, 11) is 1.66. The standard InChI is InChI=1S/C22H26N2O3/c1-25-18-8-2-3-9-19(18)26-15-5-7-16-6-4-10-20-21(16)22(24-27-20)17-11-13-23-14-12-17/h2-4,6,8-10,17,23H,5,7,11-15H2,1H3. The Hall–Kier alpha value is -2.53. The van der Waals surface area contributed by atoms with Gasteiger partial charge in [-0.15, -0.1) is 0 Å². The third-order valence-corrected chi connectivity index (χ3v) is 5.25. The van der Waals surface area contributed by atoms with E-state index in [0.29, 0.717) is 12.5 Å². The van der Waals surface area contributed by atoms with Crippen LogP contribution in [0.4, 0.5) is 0 Å². The van der Waals surface area contributed by atoms with Crippen molar-refractivity contribution in [1.29, 1.82) is 0 Å². The molecule has 0 bridgehead atoms. The molecule has 0 radical (unpaired) electrons. The van der Waals surface area contributed by atoms with Gasteiger partial charge in [0.1, 0.15) is 0 Å². The number of ether oxygens (including phenoxy) is 2. The van der Waals surface area contributed by atoms with Crippen LogP contribution >= 0.6 is 0 Å². The van der Waals surface area contributed by atoms with Crippen molar-refractivity contribution in [1.82, 2.24) is 10.5 Å². The quantitative estimate of drug-likeness (QED) is 0.631. The molecule has 0 amide bonds. The number of fused-ring (bicyclic) bond motifs is 1. The van der Waals surface area contributed by atoms with E-state index < -0.39 is 0 Å². The number of methoxy groups -OCH3 is 1. The second-order valence-electron chi connectivity index (χ2n) is 6.99. The molecule has 1 aliphatic rings. The monoisotopic (exact) mass is 366 g/mol. The summed E-state index contributed by atoms with van der Waals surface area (Å²) in [5.41, 5.74) is 3.32. The van der Waals surface area contributed by atoms with E-state index in [1.165, 1.54) is 10.9 Å². The molecule has 27 heavy (non-hydrogen) atoms. The SMILES string of the molecule is COc1ccccc1OCCCc1cccc2onc(C3CCNCC3)c12. The summed E-state index contributed by atoms with van der Waals surface area (Å²) in [6, 6.07) is 14.0. The van der Waals surface area contributed by atoms with Crippen molar-refractivity contribution in [2.75, 3.05) is 26.8 Å². The van der Waals surface area contributed by atoms with Gasteiger partial charge in [-0.25, -0.2) is 0 Å².